The van der Waals surface area contributed by atoms with E-state index in [4.69, 9.17) is 17.3 Å². The maximum absolute atomic E-state index is 12.0. The molecule has 1 aromatic carbocycles. The Morgan fingerprint density at radius 3 is 2.76 bits per heavy atom. The number of para-hydroxylation sites is 1. The van der Waals surface area contributed by atoms with Crippen LogP contribution in [0.3, 0.4) is 0 Å². The van der Waals surface area contributed by atoms with Gasteiger partial charge in [0.2, 0.25) is 11.8 Å². The number of nitrogens with zero attached hydrogens (tertiary/aromatic N) is 1. The third-order valence-electron chi connectivity index (χ3n) is 2.88. The fourth-order valence-electron chi connectivity index (χ4n) is 2.12. The maximum Gasteiger partial charge on any atom is 0.240 e. The standard InChI is InChI=1S/C12H13ClN2O2/c13-6-5-11(16)15-9-4-2-1-3-8(9)7-10(15)12(14)17/h1-4,10H,5-7H2,(H2,14,17). The number of halogens is 1. The largest absolute Gasteiger partial charge is 0.368 e. The van der Waals surface area contributed by atoms with Crippen molar-refractivity contribution < 1.29 is 9.59 Å². The van der Waals surface area contributed by atoms with E-state index in [1.54, 1.807) is 0 Å². The van der Waals surface area contributed by atoms with Crippen LogP contribution in [0.25, 0.3) is 0 Å². The molecule has 2 rings (SSSR count). The van der Waals surface area contributed by atoms with Crippen LogP contribution in [0.15, 0.2) is 24.3 Å². The summed E-state index contributed by atoms with van der Waals surface area (Å²) in [5.41, 5.74) is 7.08. The van der Waals surface area contributed by atoms with E-state index in [9.17, 15) is 9.59 Å². The van der Waals surface area contributed by atoms with Crippen molar-refractivity contribution in [3.63, 3.8) is 0 Å². The van der Waals surface area contributed by atoms with E-state index >= 15 is 0 Å². The van der Waals surface area contributed by atoms with Gasteiger partial charge < -0.3 is 5.73 Å². The molecule has 1 heterocycles. The molecule has 4 nitrogen and oxygen atoms in total. The number of alkyl halides is 1. The molecule has 0 bridgehead atoms. The summed E-state index contributed by atoms with van der Waals surface area (Å²) < 4.78 is 0. The van der Waals surface area contributed by atoms with Crippen LogP contribution >= 0.6 is 11.6 Å². The molecular weight excluding hydrogens is 240 g/mol. The number of hydrogen-bond donors (Lipinski definition) is 1. The normalized spacial score (nSPS) is 17.9. The predicted octanol–water partition coefficient (Wildman–Crippen LogP) is 1.06. The SMILES string of the molecule is NC(=O)C1Cc2ccccc2N1C(=O)CCCl. The first kappa shape index (κ1) is 11.9. The van der Waals surface area contributed by atoms with Crippen molar-refractivity contribution in [1.82, 2.24) is 0 Å². The fraction of sp³-hybridized carbons (Fsp3) is 0.333. The molecule has 0 aliphatic carbocycles. The zero-order chi connectivity index (χ0) is 12.4. The number of primary amides is 1. The van der Waals surface area contributed by atoms with Crippen LogP contribution in [0, 0.1) is 0 Å². The summed E-state index contributed by atoms with van der Waals surface area (Å²) in [6.07, 6.45) is 0.694. The van der Waals surface area contributed by atoms with Gasteiger partial charge in [-0.3, -0.25) is 14.5 Å². The molecule has 0 aromatic heterocycles. The number of anilines is 1. The van der Waals surface area contributed by atoms with Crippen molar-refractivity contribution in [1.29, 1.82) is 0 Å². The molecule has 0 fully saturated rings. The van der Waals surface area contributed by atoms with Crippen LogP contribution < -0.4 is 10.6 Å². The molecule has 1 atom stereocenters. The molecule has 1 unspecified atom stereocenters. The van der Waals surface area contributed by atoms with Gasteiger partial charge in [0.25, 0.3) is 0 Å². The second-order valence-corrected chi connectivity index (χ2v) is 4.33. The first-order chi connectivity index (χ1) is 8.15. The minimum atomic E-state index is -0.580. The molecule has 0 saturated heterocycles. The van der Waals surface area contributed by atoms with Gasteiger partial charge >= 0.3 is 0 Å². The number of rotatable bonds is 3. The highest BCUT2D eigenvalue weighted by atomic mass is 35.5. The van der Waals surface area contributed by atoms with Gasteiger partial charge in [-0.05, 0) is 11.6 Å². The first-order valence-corrected chi connectivity index (χ1v) is 5.94. The Kier molecular flexibility index (Phi) is 3.33. The number of fused-ring (bicyclic) bond motifs is 1. The maximum atomic E-state index is 12.0. The van der Waals surface area contributed by atoms with Crippen molar-refractivity contribution in [2.75, 3.05) is 10.8 Å². The van der Waals surface area contributed by atoms with E-state index in [-0.39, 0.29) is 18.2 Å². The summed E-state index contributed by atoms with van der Waals surface area (Å²) in [6, 6.07) is 6.86. The highest BCUT2D eigenvalue weighted by Crippen LogP contribution is 2.32. The van der Waals surface area contributed by atoms with Gasteiger partial charge in [0.1, 0.15) is 6.04 Å². The third-order valence-corrected chi connectivity index (χ3v) is 3.07. The Labute approximate surface area is 104 Å². The van der Waals surface area contributed by atoms with Crippen molar-refractivity contribution in [2.45, 2.75) is 18.9 Å². The lowest BCUT2D eigenvalue weighted by Crippen LogP contribution is -2.46. The summed E-state index contributed by atoms with van der Waals surface area (Å²) in [4.78, 5) is 24.8. The first-order valence-electron chi connectivity index (χ1n) is 5.40. The monoisotopic (exact) mass is 252 g/mol. The third kappa shape index (κ3) is 2.13. The van der Waals surface area contributed by atoms with Gasteiger partial charge in [-0.25, -0.2) is 0 Å². The van der Waals surface area contributed by atoms with Crippen LogP contribution in [0.2, 0.25) is 0 Å². The van der Waals surface area contributed by atoms with Crippen molar-refractivity contribution in [3.05, 3.63) is 29.8 Å². The van der Waals surface area contributed by atoms with Crippen molar-refractivity contribution in [2.24, 2.45) is 5.73 Å². The predicted molar refractivity (Wildman–Crippen MR) is 66.0 cm³/mol. The Balaban J connectivity index is 2.37. The Bertz CT molecular complexity index is 462. The summed E-state index contributed by atoms with van der Waals surface area (Å²) >= 11 is 5.57. The van der Waals surface area contributed by atoms with Gasteiger partial charge in [-0.15, -0.1) is 11.6 Å². The smallest absolute Gasteiger partial charge is 0.240 e. The Hall–Kier alpha value is -1.55. The van der Waals surface area contributed by atoms with Crippen molar-refractivity contribution >= 4 is 29.1 Å². The second kappa shape index (κ2) is 4.75. The molecule has 2 amide bonds. The molecule has 0 saturated carbocycles. The van der Waals surface area contributed by atoms with Crippen molar-refractivity contribution in [3.8, 4) is 0 Å². The van der Waals surface area contributed by atoms with E-state index in [1.807, 2.05) is 24.3 Å². The average molecular weight is 253 g/mol. The Morgan fingerprint density at radius 2 is 2.12 bits per heavy atom. The molecule has 90 valence electrons. The molecule has 17 heavy (non-hydrogen) atoms. The van der Waals surface area contributed by atoms with Gasteiger partial charge in [0, 0.05) is 24.4 Å². The van der Waals surface area contributed by atoms with E-state index in [0.717, 1.165) is 11.3 Å². The number of carbonyl (C=O) groups is 2. The molecule has 1 aromatic rings. The molecule has 1 aliphatic rings. The summed E-state index contributed by atoms with van der Waals surface area (Å²) in [5, 5.41) is 0. The van der Waals surface area contributed by atoms with Crippen LogP contribution in [0.1, 0.15) is 12.0 Å². The van der Waals surface area contributed by atoms with Gasteiger partial charge in [-0.2, -0.15) is 0 Å². The lowest BCUT2D eigenvalue weighted by molar-refractivity contribution is -0.124. The minimum Gasteiger partial charge on any atom is -0.368 e. The van der Waals surface area contributed by atoms with Gasteiger partial charge in [0.05, 0.1) is 0 Å². The molecule has 2 N–H and O–H groups in total. The van der Waals surface area contributed by atoms with Crippen LogP contribution in [0.4, 0.5) is 5.69 Å². The summed E-state index contributed by atoms with van der Waals surface area (Å²) in [5.74, 6) is -0.402. The average Bonchev–Trinajstić information content (AvgIpc) is 2.68. The zero-order valence-electron chi connectivity index (χ0n) is 9.23. The summed E-state index contributed by atoms with van der Waals surface area (Å²) in [6.45, 7) is 0. The quantitative estimate of drug-likeness (QED) is 0.818. The topological polar surface area (TPSA) is 63.4 Å². The van der Waals surface area contributed by atoms with Gasteiger partial charge in [-0.1, -0.05) is 18.2 Å². The number of benzene rings is 1. The second-order valence-electron chi connectivity index (χ2n) is 3.95. The lowest BCUT2D eigenvalue weighted by atomic mass is 10.1. The highest BCUT2D eigenvalue weighted by Gasteiger charge is 2.36. The molecule has 0 radical (unpaired) electrons. The van der Waals surface area contributed by atoms with Gasteiger partial charge in [0.15, 0.2) is 0 Å². The van der Waals surface area contributed by atoms with Crippen LogP contribution in [0.5, 0.6) is 0 Å². The van der Waals surface area contributed by atoms with E-state index in [0.29, 0.717) is 6.42 Å². The Morgan fingerprint density at radius 1 is 1.41 bits per heavy atom. The summed E-state index contributed by atoms with van der Waals surface area (Å²) in [7, 11) is 0. The highest BCUT2D eigenvalue weighted by molar-refractivity contribution is 6.19. The number of amides is 2. The molecular formula is C12H13ClN2O2. The van der Waals surface area contributed by atoms with E-state index < -0.39 is 11.9 Å². The van der Waals surface area contributed by atoms with Crippen LogP contribution in [-0.2, 0) is 16.0 Å². The molecule has 5 heteroatoms. The van der Waals surface area contributed by atoms with Crippen LogP contribution in [-0.4, -0.2) is 23.7 Å². The molecule has 1 aliphatic heterocycles. The zero-order valence-corrected chi connectivity index (χ0v) is 9.98. The fourth-order valence-corrected chi connectivity index (χ4v) is 2.28. The lowest BCUT2D eigenvalue weighted by Gasteiger charge is -2.22. The molecule has 0 spiro atoms. The minimum absolute atomic E-state index is 0.159. The van der Waals surface area contributed by atoms with E-state index in [1.165, 1.54) is 4.90 Å². The number of nitrogens with two attached hydrogens (primary N) is 1. The number of hydrogen-bond acceptors (Lipinski definition) is 2. The number of carbonyl (C=O) groups excluding carboxylic acids is 2. The van der Waals surface area contributed by atoms with E-state index in [2.05, 4.69) is 0 Å².